The van der Waals surface area contributed by atoms with Gasteiger partial charge in [-0.25, -0.2) is 0 Å². The van der Waals surface area contributed by atoms with Crippen LogP contribution in [0.3, 0.4) is 0 Å². The monoisotopic (exact) mass is 315 g/mol. The second kappa shape index (κ2) is 20.3. The van der Waals surface area contributed by atoms with E-state index in [2.05, 4.69) is 12.6 Å². The van der Waals surface area contributed by atoms with Crippen LogP contribution in [0.5, 0.6) is 0 Å². The molecule has 0 aromatic heterocycles. The molecule has 128 valence electrons. The van der Waals surface area contributed by atoms with E-state index in [4.69, 9.17) is 5.73 Å². The van der Waals surface area contributed by atoms with E-state index in [0.717, 1.165) is 12.3 Å². The molecule has 0 heterocycles. The van der Waals surface area contributed by atoms with Crippen molar-refractivity contribution in [3.63, 3.8) is 0 Å². The van der Waals surface area contributed by atoms with Gasteiger partial charge in [-0.15, -0.1) is 0 Å². The van der Waals surface area contributed by atoms with Crippen molar-refractivity contribution in [2.75, 3.05) is 12.3 Å². The quantitative estimate of drug-likeness (QED) is 0.219. The number of unbranched alkanes of at least 4 members (excludes halogenated alkanes) is 16. The third kappa shape index (κ3) is 20.3. The maximum absolute atomic E-state index is 5.49. The summed E-state index contributed by atoms with van der Waals surface area (Å²) in [5.74, 6) is 1.06. The van der Waals surface area contributed by atoms with Gasteiger partial charge < -0.3 is 5.73 Å². The standard InChI is InChI=1S/C19H41NS/c20-18-16-14-12-10-8-6-4-2-1-3-5-7-9-11-13-15-17-19-21/h21H,1-20H2. The summed E-state index contributed by atoms with van der Waals surface area (Å²) in [5, 5.41) is 0. The van der Waals surface area contributed by atoms with Gasteiger partial charge in [-0.05, 0) is 25.1 Å². The maximum atomic E-state index is 5.49. The molecule has 0 radical (unpaired) electrons. The minimum atomic E-state index is 0.871. The number of nitrogens with two attached hydrogens (primary N) is 1. The molecule has 1 nitrogen and oxygen atoms in total. The smallest absolute Gasteiger partial charge is 0.00773 e. The first-order valence-corrected chi connectivity index (χ1v) is 10.4. The maximum Gasteiger partial charge on any atom is -0.00773 e. The van der Waals surface area contributed by atoms with Crippen LogP contribution in [0.2, 0.25) is 0 Å². The van der Waals surface area contributed by atoms with Gasteiger partial charge in [-0.3, -0.25) is 0 Å². The fourth-order valence-electron chi connectivity index (χ4n) is 2.91. The Hall–Kier alpha value is 0.310. The Bertz CT molecular complexity index is 155. The van der Waals surface area contributed by atoms with Crippen molar-refractivity contribution in [1.82, 2.24) is 0 Å². The lowest BCUT2D eigenvalue weighted by Crippen LogP contribution is -1.97. The van der Waals surface area contributed by atoms with Crippen LogP contribution >= 0.6 is 12.6 Å². The van der Waals surface area contributed by atoms with E-state index in [1.165, 1.54) is 109 Å². The van der Waals surface area contributed by atoms with Crippen molar-refractivity contribution in [3.8, 4) is 0 Å². The Kier molecular flexibility index (Phi) is 20.6. The molecule has 0 aliphatic rings. The Morgan fingerprint density at radius 3 is 0.857 bits per heavy atom. The van der Waals surface area contributed by atoms with E-state index in [1.807, 2.05) is 0 Å². The zero-order valence-electron chi connectivity index (χ0n) is 14.5. The molecule has 0 aromatic carbocycles. The van der Waals surface area contributed by atoms with Crippen LogP contribution < -0.4 is 5.73 Å². The van der Waals surface area contributed by atoms with Crippen LogP contribution in [0.25, 0.3) is 0 Å². The Balaban J connectivity index is 2.90. The van der Waals surface area contributed by atoms with Gasteiger partial charge in [0, 0.05) is 0 Å². The lowest BCUT2D eigenvalue weighted by molar-refractivity contribution is 0.528. The molecule has 0 fully saturated rings. The van der Waals surface area contributed by atoms with Gasteiger partial charge in [0.1, 0.15) is 0 Å². The summed E-state index contributed by atoms with van der Waals surface area (Å²) in [4.78, 5) is 0. The summed E-state index contributed by atoms with van der Waals surface area (Å²) in [6.07, 6.45) is 24.0. The van der Waals surface area contributed by atoms with E-state index in [-0.39, 0.29) is 0 Å². The molecule has 0 amide bonds. The average Bonchev–Trinajstić information content (AvgIpc) is 2.50. The second-order valence-corrected chi connectivity index (χ2v) is 6.97. The summed E-state index contributed by atoms with van der Waals surface area (Å²) < 4.78 is 0. The molecule has 0 aromatic rings. The molecule has 0 saturated carbocycles. The van der Waals surface area contributed by atoms with Crippen molar-refractivity contribution < 1.29 is 0 Å². The Morgan fingerprint density at radius 1 is 0.381 bits per heavy atom. The summed E-state index contributed by atoms with van der Waals surface area (Å²) in [5.41, 5.74) is 5.49. The SMILES string of the molecule is NCCCCCCCCCCCCCCCCCCCS. The minimum Gasteiger partial charge on any atom is -0.330 e. The van der Waals surface area contributed by atoms with Crippen molar-refractivity contribution >= 4 is 12.6 Å². The molecular formula is C19H41NS. The zero-order valence-corrected chi connectivity index (χ0v) is 15.4. The summed E-state index contributed by atoms with van der Waals surface area (Å²) in [6.45, 7) is 0.871. The molecule has 21 heavy (non-hydrogen) atoms. The Labute approximate surface area is 140 Å². The van der Waals surface area contributed by atoms with Crippen molar-refractivity contribution in [2.45, 2.75) is 109 Å². The number of hydrogen-bond donors (Lipinski definition) is 2. The highest BCUT2D eigenvalue weighted by molar-refractivity contribution is 7.80. The Morgan fingerprint density at radius 2 is 0.619 bits per heavy atom. The van der Waals surface area contributed by atoms with E-state index in [1.54, 1.807) is 0 Å². The largest absolute Gasteiger partial charge is 0.330 e. The third-order valence-electron chi connectivity index (χ3n) is 4.36. The minimum absolute atomic E-state index is 0.871. The summed E-state index contributed by atoms with van der Waals surface area (Å²) in [7, 11) is 0. The molecule has 0 aliphatic carbocycles. The van der Waals surface area contributed by atoms with Crippen molar-refractivity contribution in [1.29, 1.82) is 0 Å². The van der Waals surface area contributed by atoms with Gasteiger partial charge >= 0.3 is 0 Å². The molecular weight excluding hydrogens is 274 g/mol. The van der Waals surface area contributed by atoms with Gasteiger partial charge in [-0.2, -0.15) is 12.6 Å². The normalized spacial score (nSPS) is 11.1. The predicted octanol–water partition coefficient (Wildman–Crippen LogP) is 6.51. The van der Waals surface area contributed by atoms with Gasteiger partial charge in [0.25, 0.3) is 0 Å². The first kappa shape index (κ1) is 21.3. The van der Waals surface area contributed by atoms with Crippen molar-refractivity contribution in [2.24, 2.45) is 5.73 Å². The number of hydrogen-bond acceptors (Lipinski definition) is 2. The van der Waals surface area contributed by atoms with E-state index >= 15 is 0 Å². The molecule has 0 bridgehead atoms. The fourth-order valence-corrected chi connectivity index (χ4v) is 3.13. The summed E-state index contributed by atoms with van der Waals surface area (Å²) in [6, 6.07) is 0. The highest BCUT2D eigenvalue weighted by Gasteiger charge is 1.94. The first-order chi connectivity index (χ1) is 10.4. The van der Waals surface area contributed by atoms with Gasteiger partial charge in [0.2, 0.25) is 0 Å². The second-order valence-electron chi connectivity index (χ2n) is 6.52. The van der Waals surface area contributed by atoms with Crippen LogP contribution in [0, 0.1) is 0 Å². The van der Waals surface area contributed by atoms with Gasteiger partial charge in [0.05, 0.1) is 0 Å². The van der Waals surface area contributed by atoms with Crippen LogP contribution in [0.4, 0.5) is 0 Å². The highest BCUT2D eigenvalue weighted by Crippen LogP contribution is 2.13. The molecule has 0 atom stereocenters. The molecule has 0 saturated heterocycles. The molecule has 0 rings (SSSR count). The predicted molar refractivity (Wildman–Crippen MR) is 101 cm³/mol. The molecule has 0 aliphatic heterocycles. The molecule has 0 spiro atoms. The van der Waals surface area contributed by atoms with Crippen LogP contribution in [0.15, 0.2) is 0 Å². The lowest BCUT2D eigenvalue weighted by atomic mass is 10.0. The third-order valence-corrected chi connectivity index (χ3v) is 4.68. The van der Waals surface area contributed by atoms with Gasteiger partial charge in [-0.1, -0.05) is 96.3 Å². The first-order valence-electron chi connectivity index (χ1n) is 9.72. The fraction of sp³-hybridized carbons (Fsp3) is 1.00. The average molecular weight is 316 g/mol. The molecule has 2 heteroatoms. The van der Waals surface area contributed by atoms with Crippen LogP contribution in [-0.2, 0) is 0 Å². The number of rotatable bonds is 18. The molecule has 2 N–H and O–H groups in total. The number of thiol groups is 1. The lowest BCUT2D eigenvalue weighted by Gasteiger charge is -2.03. The van der Waals surface area contributed by atoms with Crippen LogP contribution in [-0.4, -0.2) is 12.3 Å². The van der Waals surface area contributed by atoms with E-state index < -0.39 is 0 Å². The zero-order chi connectivity index (χ0) is 15.4. The summed E-state index contributed by atoms with van der Waals surface area (Å²) >= 11 is 4.25. The van der Waals surface area contributed by atoms with Crippen LogP contribution in [0.1, 0.15) is 109 Å². The van der Waals surface area contributed by atoms with E-state index in [0.29, 0.717) is 0 Å². The topological polar surface area (TPSA) is 26.0 Å². The van der Waals surface area contributed by atoms with Gasteiger partial charge in [0.15, 0.2) is 0 Å². The molecule has 0 unspecified atom stereocenters. The van der Waals surface area contributed by atoms with E-state index in [9.17, 15) is 0 Å². The van der Waals surface area contributed by atoms with Crippen molar-refractivity contribution in [3.05, 3.63) is 0 Å². The highest BCUT2D eigenvalue weighted by atomic mass is 32.1.